The number of rotatable bonds is 1. The molecule has 1 aromatic heterocycles. The third kappa shape index (κ3) is 1.70. The van der Waals surface area contributed by atoms with Crippen LogP contribution in [0.15, 0.2) is 36.4 Å². The van der Waals surface area contributed by atoms with Crippen LogP contribution in [0.25, 0.3) is 21.8 Å². The Balaban J connectivity index is 2.45. The average molecular weight is 258 g/mol. The fraction of sp³-hybridized carbons (Fsp3) is 0.133. The van der Waals surface area contributed by atoms with E-state index in [1.165, 1.54) is 5.56 Å². The number of aryl methyl sites for hydroxylation is 1. The topological polar surface area (TPSA) is 22.1 Å². The molecule has 0 unspecified atom stereocenters. The Morgan fingerprint density at radius 3 is 2.39 bits per heavy atom. The summed E-state index contributed by atoms with van der Waals surface area (Å²) < 4.78 is 5.23. The number of nitrogens with zero attached hydrogens (tertiary/aromatic N) is 1. The summed E-state index contributed by atoms with van der Waals surface area (Å²) in [6.07, 6.45) is 0. The number of methoxy groups -OCH3 is 1. The summed E-state index contributed by atoms with van der Waals surface area (Å²) in [5, 5.41) is 2.64. The van der Waals surface area contributed by atoms with Crippen LogP contribution >= 0.6 is 11.6 Å². The Hall–Kier alpha value is -1.80. The number of fused-ring (bicyclic) bond motifs is 2. The van der Waals surface area contributed by atoms with Gasteiger partial charge in [0.05, 0.1) is 23.2 Å². The van der Waals surface area contributed by atoms with Crippen molar-refractivity contribution in [2.45, 2.75) is 6.92 Å². The molecule has 0 aliphatic rings. The molecular formula is C15H12ClNO. The second-order valence-electron chi connectivity index (χ2n) is 4.33. The van der Waals surface area contributed by atoms with Gasteiger partial charge in [-0.15, -0.1) is 0 Å². The lowest BCUT2D eigenvalue weighted by molar-refractivity contribution is 0.415. The van der Waals surface area contributed by atoms with Crippen LogP contribution in [-0.4, -0.2) is 12.1 Å². The zero-order valence-electron chi connectivity index (χ0n) is 10.2. The highest BCUT2D eigenvalue weighted by Gasteiger charge is 2.08. The predicted molar refractivity (Wildman–Crippen MR) is 75.5 cm³/mol. The van der Waals surface area contributed by atoms with E-state index in [0.717, 1.165) is 32.6 Å². The van der Waals surface area contributed by atoms with E-state index in [-0.39, 0.29) is 0 Å². The van der Waals surface area contributed by atoms with Crippen molar-refractivity contribution in [3.63, 3.8) is 0 Å². The molecule has 0 saturated heterocycles. The number of pyridine rings is 1. The highest BCUT2D eigenvalue weighted by Crippen LogP contribution is 2.32. The highest BCUT2D eigenvalue weighted by molar-refractivity contribution is 6.40. The normalized spacial score (nSPS) is 11.1. The molecule has 0 radical (unpaired) electrons. The molecule has 1 heterocycles. The van der Waals surface area contributed by atoms with E-state index in [0.29, 0.717) is 0 Å². The van der Waals surface area contributed by atoms with Gasteiger partial charge in [-0.25, -0.2) is 4.98 Å². The van der Waals surface area contributed by atoms with E-state index in [2.05, 4.69) is 11.1 Å². The minimum Gasteiger partial charge on any atom is -0.497 e. The van der Waals surface area contributed by atoms with Crippen molar-refractivity contribution in [2.24, 2.45) is 0 Å². The fourth-order valence-electron chi connectivity index (χ4n) is 2.11. The first kappa shape index (κ1) is 11.3. The molecule has 2 nitrogen and oxygen atoms in total. The van der Waals surface area contributed by atoms with Gasteiger partial charge in [0.1, 0.15) is 5.75 Å². The lowest BCUT2D eigenvalue weighted by Crippen LogP contribution is -1.88. The van der Waals surface area contributed by atoms with Crippen LogP contribution in [0.5, 0.6) is 5.75 Å². The Bertz CT molecular complexity index is 752. The molecular weight excluding hydrogens is 246 g/mol. The number of aromatic nitrogens is 1. The third-order valence-corrected chi connectivity index (χ3v) is 3.48. The van der Waals surface area contributed by atoms with Gasteiger partial charge in [-0.1, -0.05) is 23.2 Å². The lowest BCUT2D eigenvalue weighted by atomic mass is 10.1. The van der Waals surface area contributed by atoms with Crippen LogP contribution in [0.2, 0.25) is 5.02 Å². The Morgan fingerprint density at radius 2 is 1.67 bits per heavy atom. The number of hydrogen-bond acceptors (Lipinski definition) is 2. The Labute approximate surface area is 110 Å². The van der Waals surface area contributed by atoms with Gasteiger partial charge in [0, 0.05) is 10.8 Å². The Morgan fingerprint density at radius 1 is 1.00 bits per heavy atom. The first-order valence-electron chi connectivity index (χ1n) is 5.72. The summed E-state index contributed by atoms with van der Waals surface area (Å²) in [4.78, 5) is 4.62. The van der Waals surface area contributed by atoms with Crippen molar-refractivity contribution >= 4 is 33.4 Å². The average Bonchev–Trinajstić information content (AvgIpc) is 2.40. The van der Waals surface area contributed by atoms with Gasteiger partial charge >= 0.3 is 0 Å². The third-order valence-electron chi connectivity index (χ3n) is 3.07. The van der Waals surface area contributed by atoms with Gasteiger partial charge in [-0.05, 0) is 37.3 Å². The number of halogens is 1. The zero-order chi connectivity index (χ0) is 12.7. The smallest absolute Gasteiger partial charge is 0.119 e. The molecule has 0 saturated carbocycles. The van der Waals surface area contributed by atoms with E-state index >= 15 is 0 Å². The van der Waals surface area contributed by atoms with Crippen molar-refractivity contribution in [1.29, 1.82) is 0 Å². The van der Waals surface area contributed by atoms with Crippen molar-refractivity contribution in [3.05, 3.63) is 47.0 Å². The minimum atomic E-state index is 0.734. The van der Waals surface area contributed by atoms with Gasteiger partial charge in [0.15, 0.2) is 0 Å². The van der Waals surface area contributed by atoms with E-state index in [1.54, 1.807) is 7.11 Å². The lowest BCUT2D eigenvalue weighted by Gasteiger charge is -2.07. The molecule has 0 fully saturated rings. The van der Waals surface area contributed by atoms with Gasteiger partial charge in [0.2, 0.25) is 0 Å². The van der Waals surface area contributed by atoms with E-state index < -0.39 is 0 Å². The molecule has 3 rings (SSSR count). The van der Waals surface area contributed by atoms with Crippen molar-refractivity contribution in [1.82, 2.24) is 4.98 Å². The molecule has 0 spiro atoms. The number of benzene rings is 2. The fourth-order valence-corrected chi connectivity index (χ4v) is 2.42. The van der Waals surface area contributed by atoms with Crippen molar-refractivity contribution in [2.75, 3.05) is 7.11 Å². The SMILES string of the molecule is COc1ccc2nc3ccc(C)cc3c(Cl)c2c1. The van der Waals surface area contributed by atoms with Crippen LogP contribution in [0, 0.1) is 6.92 Å². The summed E-state index contributed by atoms with van der Waals surface area (Å²) in [5.41, 5.74) is 2.98. The van der Waals surface area contributed by atoms with Crippen molar-refractivity contribution < 1.29 is 4.74 Å². The van der Waals surface area contributed by atoms with Crippen LogP contribution in [0.1, 0.15) is 5.56 Å². The van der Waals surface area contributed by atoms with Gasteiger partial charge < -0.3 is 4.74 Å². The predicted octanol–water partition coefficient (Wildman–Crippen LogP) is 4.36. The molecule has 90 valence electrons. The summed E-state index contributed by atoms with van der Waals surface area (Å²) in [6, 6.07) is 11.8. The van der Waals surface area contributed by atoms with Crippen LogP contribution in [0.4, 0.5) is 0 Å². The zero-order valence-corrected chi connectivity index (χ0v) is 11.0. The first-order valence-corrected chi connectivity index (χ1v) is 6.10. The standard InChI is InChI=1S/C15H12ClNO/c1-9-3-5-13-11(7-9)15(16)12-8-10(18-2)4-6-14(12)17-13/h3-8H,1-2H3. The quantitative estimate of drug-likeness (QED) is 0.605. The molecule has 3 aromatic rings. The van der Waals surface area contributed by atoms with Crippen LogP contribution < -0.4 is 4.74 Å². The second-order valence-corrected chi connectivity index (χ2v) is 4.71. The molecule has 18 heavy (non-hydrogen) atoms. The van der Waals surface area contributed by atoms with Crippen LogP contribution in [-0.2, 0) is 0 Å². The maximum absolute atomic E-state index is 6.48. The molecule has 0 bridgehead atoms. The summed E-state index contributed by atoms with van der Waals surface area (Å²) in [5.74, 6) is 0.790. The summed E-state index contributed by atoms with van der Waals surface area (Å²) in [7, 11) is 1.65. The second kappa shape index (κ2) is 4.14. The van der Waals surface area contributed by atoms with Gasteiger partial charge in [-0.3, -0.25) is 0 Å². The largest absolute Gasteiger partial charge is 0.497 e. The monoisotopic (exact) mass is 257 g/mol. The van der Waals surface area contributed by atoms with Crippen LogP contribution in [0.3, 0.4) is 0 Å². The highest BCUT2D eigenvalue weighted by atomic mass is 35.5. The molecule has 0 amide bonds. The maximum Gasteiger partial charge on any atom is 0.119 e. The van der Waals surface area contributed by atoms with Gasteiger partial charge in [-0.2, -0.15) is 0 Å². The molecule has 0 aliphatic heterocycles. The van der Waals surface area contributed by atoms with Crippen molar-refractivity contribution in [3.8, 4) is 5.75 Å². The number of ether oxygens (including phenoxy) is 1. The summed E-state index contributed by atoms with van der Waals surface area (Å²) in [6.45, 7) is 2.05. The number of hydrogen-bond donors (Lipinski definition) is 0. The molecule has 2 aromatic carbocycles. The van der Waals surface area contributed by atoms with E-state index in [9.17, 15) is 0 Å². The molecule has 3 heteroatoms. The minimum absolute atomic E-state index is 0.734. The molecule has 0 aliphatic carbocycles. The summed E-state index contributed by atoms with van der Waals surface area (Å²) >= 11 is 6.48. The molecule has 0 N–H and O–H groups in total. The van der Waals surface area contributed by atoms with Gasteiger partial charge in [0.25, 0.3) is 0 Å². The first-order chi connectivity index (χ1) is 8.69. The van der Waals surface area contributed by atoms with E-state index in [1.807, 2.05) is 37.3 Å². The Kier molecular flexibility index (Phi) is 2.60. The maximum atomic E-state index is 6.48. The molecule has 0 atom stereocenters. The van der Waals surface area contributed by atoms with E-state index in [4.69, 9.17) is 16.3 Å².